The second kappa shape index (κ2) is 6.60. The molecule has 2 heterocycles. The normalized spacial score (nSPS) is 32.0. The van der Waals surface area contributed by atoms with Gasteiger partial charge in [0.05, 0.1) is 0 Å². The molecule has 1 atom stereocenters. The quantitative estimate of drug-likeness (QED) is 0.839. The molecule has 2 aliphatic rings. The van der Waals surface area contributed by atoms with Gasteiger partial charge in [0.25, 0.3) is 0 Å². The van der Waals surface area contributed by atoms with Gasteiger partial charge in [0.15, 0.2) is 0 Å². The van der Waals surface area contributed by atoms with Crippen molar-refractivity contribution < 1.29 is 0 Å². The Labute approximate surface area is 116 Å². The summed E-state index contributed by atoms with van der Waals surface area (Å²) in [6, 6.07) is 0. The summed E-state index contributed by atoms with van der Waals surface area (Å²) in [4.78, 5) is 5.04. The molecule has 2 fully saturated rings. The van der Waals surface area contributed by atoms with Gasteiger partial charge in [0, 0.05) is 24.4 Å². The molecule has 3 nitrogen and oxygen atoms in total. The lowest BCUT2D eigenvalue weighted by molar-refractivity contribution is 0.0922. The first-order valence-corrected chi connectivity index (χ1v) is 8.49. The minimum absolute atomic E-state index is 0.284. The van der Waals surface area contributed by atoms with Crippen LogP contribution >= 0.6 is 11.8 Å². The topological polar surface area (TPSA) is 32.5 Å². The molecule has 1 unspecified atom stereocenters. The molecular weight excluding hydrogens is 242 g/mol. The molecule has 2 N–H and O–H groups in total. The van der Waals surface area contributed by atoms with Crippen LogP contribution < -0.4 is 5.73 Å². The van der Waals surface area contributed by atoms with Crippen LogP contribution in [0.3, 0.4) is 0 Å². The van der Waals surface area contributed by atoms with Crippen LogP contribution in [0.25, 0.3) is 0 Å². The summed E-state index contributed by atoms with van der Waals surface area (Å²) in [5, 5.41) is 0. The number of nitrogens with zero attached hydrogens (tertiary/aromatic N) is 2. The van der Waals surface area contributed by atoms with Crippen LogP contribution in [-0.2, 0) is 0 Å². The number of likely N-dealkylation sites (tertiary alicyclic amines) is 1. The number of hydrogen-bond acceptors (Lipinski definition) is 4. The predicted molar refractivity (Wildman–Crippen MR) is 81.2 cm³/mol. The van der Waals surface area contributed by atoms with Crippen LogP contribution in [0, 0.1) is 5.92 Å². The second-order valence-electron chi connectivity index (χ2n) is 6.21. The highest BCUT2D eigenvalue weighted by atomic mass is 32.2. The Morgan fingerprint density at radius 3 is 2.67 bits per heavy atom. The van der Waals surface area contributed by atoms with E-state index >= 15 is 0 Å². The van der Waals surface area contributed by atoms with Gasteiger partial charge in [-0.1, -0.05) is 0 Å². The van der Waals surface area contributed by atoms with Gasteiger partial charge in [0.2, 0.25) is 0 Å². The highest BCUT2D eigenvalue weighted by molar-refractivity contribution is 7.99. The number of nitrogens with two attached hydrogens (primary N) is 1. The summed E-state index contributed by atoms with van der Waals surface area (Å²) in [6.45, 7) is 4.60. The molecule has 0 aromatic heterocycles. The van der Waals surface area contributed by atoms with Crippen molar-refractivity contribution in [2.75, 3.05) is 51.8 Å². The van der Waals surface area contributed by atoms with Crippen LogP contribution in [-0.4, -0.2) is 67.1 Å². The summed E-state index contributed by atoms with van der Waals surface area (Å²) >= 11 is 2.09. The minimum Gasteiger partial charge on any atom is -0.329 e. The second-order valence-corrected chi connectivity index (χ2v) is 7.32. The van der Waals surface area contributed by atoms with Crippen molar-refractivity contribution in [1.82, 2.24) is 9.80 Å². The van der Waals surface area contributed by atoms with E-state index in [0.717, 1.165) is 12.5 Å². The maximum Gasteiger partial charge on any atom is 0.0419 e. The highest BCUT2D eigenvalue weighted by Gasteiger charge is 2.36. The van der Waals surface area contributed by atoms with Crippen molar-refractivity contribution in [2.24, 2.45) is 11.7 Å². The van der Waals surface area contributed by atoms with Gasteiger partial charge in [-0.15, -0.1) is 0 Å². The molecule has 2 rings (SSSR count). The molecule has 0 bridgehead atoms. The van der Waals surface area contributed by atoms with Crippen LogP contribution in [0.4, 0.5) is 0 Å². The average Bonchev–Trinajstić information content (AvgIpc) is 2.42. The summed E-state index contributed by atoms with van der Waals surface area (Å²) < 4.78 is 0. The van der Waals surface area contributed by atoms with E-state index in [9.17, 15) is 0 Å². The lowest BCUT2D eigenvalue weighted by atomic mass is 9.90. The van der Waals surface area contributed by atoms with Crippen LogP contribution in [0.1, 0.15) is 25.7 Å². The maximum atomic E-state index is 6.10. The number of likely N-dealkylation sites (N-methyl/N-ethyl adjacent to an activating group) is 1. The first kappa shape index (κ1) is 14.6. The Kier molecular flexibility index (Phi) is 5.36. The van der Waals surface area contributed by atoms with Crippen molar-refractivity contribution in [3.63, 3.8) is 0 Å². The Hall–Kier alpha value is 0.230. The lowest BCUT2D eigenvalue weighted by Gasteiger charge is -2.45. The van der Waals surface area contributed by atoms with E-state index in [1.807, 2.05) is 0 Å². The molecule has 0 saturated carbocycles. The Bertz CT molecular complexity index is 245. The van der Waals surface area contributed by atoms with Gasteiger partial charge in [-0.25, -0.2) is 0 Å². The van der Waals surface area contributed by atoms with Crippen LogP contribution in [0.2, 0.25) is 0 Å². The number of rotatable bonds is 4. The maximum absolute atomic E-state index is 6.10. The minimum atomic E-state index is 0.284. The zero-order valence-electron chi connectivity index (χ0n) is 12.0. The van der Waals surface area contributed by atoms with Gasteiger partial charge in [0.1, 0.15) is 0 Å². The molecule has 2 aliphatic heterocycles. The van der Waals surface area contributed by atoms with Crippen molar-refractivity contribution in [2.45, 2.75) is 31.2 Å². The smallest absolute Gasteiger partial charge is 0.0419 e. The third kappa shape index (κ3) is 3.41. The predicted octanol–water partition coefficient (Wildman–Crippen LogP) is 1.48. The number of hydrogen-bond donors (Lipinski definition) is 1. The standard InChI is InChI=1S/C14H29N3S/c1-16-7-4-13(5-8-16)10-17(2)14(11-15)6-3-9-18-12-14/h13H,3-12,15H2,1-2H3. The summed E-state index contributed by atoms with van der Waals surface area (Å²) in [5.41, 5.74) is 6.39. The molecule has 0 amide bonds. The van der Waals surface area contributed by atoms with E-state index in [-0.39, 0.29) is 5.54 Å². The molecule has 106 valence electrons. The van der Waals surface area contributed by atoms with Crippen LogP contribution in [0.15, 0.2) is 0 Å². The van der Waals surface area contributed by atoms with Gasteiger partial charge >= 0.3 is 0 Å². The van der Waals surface area contributed by atoms with Crippen LogP contribution in [0.5, 0.6) is 0 Å². The van der Waals surface area contributed by atoms with E-state index in [4.69, 9.17) is 5.73 Å². The van der Waals surface area contributed by atoms with E-state index in [2.05, 4.69) is 35.7 Å². The van der Waals surface area contributed by atoms with E-state index in [1.165, 1.54) is 56.8 Å². The third-order valence-corrected chi connectivity index (χ3v) is 6.18. The van der Waals surface area contributed by atoms with Gasteiger partial charge in [-0.3, -0.25) is 4.90 Å². The van der Waals surface area contributed by atoms with Crippen molar-refractivity contribution in [1.29, 1.82) is 0 Å². The van der Waals surface area contributed by atoms with Gasteiger partial charge in [-0.2, -0.15) is 11.8 Å². The molecule has 0 aromatic carbocycles. The molecule has 0 spiro atoms. The van der Waals surface area contributed by atoms with Crippen molar-refractivity contribution in [3.05, 3.63) is 0 Å². The molecule has 18 heavy (non-hydrogen) atoms. The summed E-state index contributed by atoms with van der Waals surface area (Å²) in [7, 11) is 4.54. The average molecular weight is 271 g/mol. The molecule has 0 radical (unpaired) electrons. The van der Waals surface area contributed by atoms with E-state index in [0.29, 0.717) is 0 Å². The number of thioether (sulfide) groups is 1. The fraction of sp³-hybridized carbons (Fsp3) is 1.00. The van der Waals surface area contributed by atoms with Crippen molar-refractivity contribution in [3.8, 4) is 0 Å². The van der Waals surface area contributed by atoms with Crippen molar-refractivity contribution >= 4 is 11.8 Å². The Morgan fingerprint density at radius 1 is 1.39 bits per heavy atom. The summed E-state index contributed by atoms with van der Waals surface area (Å²) in [5.74, 6) is 3.43. The molecule has 2 saturated heterocycles. The Balaban J connectivity index is 1.87. The van der Waals surface area contributed by atoms with Gasteiger partial charge in [-0.05, 0) is 64.5 Å². The first-order chi connectivity index (χ1) is 8.66. The zero-order valence-corrected chi connectivity index (χ0v) is 12.8. The Morgan fingerprint density at radius 2 is 2.11 bits per heavy atom. The summed E-state index contributed by atoms with van der Waals surface area (Å²) in [6.07, 6.45) is 5.34. The van der Waals surface area contributed by atoms with E-state index < -0.39 is 0 Å². The SMILES string of the molecule is CN1CCC(CN(C)C2(CN)CCCSC2)CC1. The zero-order chi connectivity index (χ0) is 13.0. The largest absolute Gasteiger partial charge is 0.329 e. The van der Waals surface area contributed by atoms with Gasteiger partial charge < -0.3 is 10.6 Å². The fourth-order valence-electron chi connectivity index (χ4n) is 3.28. The molecule has 4 heteroatoms. The molecular formula is C14H29N3S. The van der Waals surface area contributed by atoms with E-state index in [1.54, 1.807) is 0 Å². The first-order valence-electron chi connectivity index (χ1n) is 7.34. The molecule has 0 aromatic rings. The fourth-order valence-corrected chi connectivity index (χ4v) is 4.64. The highest BCUT2D eigenvalue weighted by Crippen LogP contribution is 2.32. The monoisotopic (exact) mass is 271 g/mol. The third-order valence-electron chi connectivity index (χ3n) is 4.86. The molecule has 0 aliphatic carbocycles. The number of piperidine rings is 1. The lowest BCUT2D eigenvalue weighted by Crippen LogP contribution is -2.57.